The van der Waals surface area contributed by atoms with Crippen LogP contribution in [-0.2, 0) is 12.8 Å². The van der Waals surface area contributed by atoms with Gasteiger partial charge in [0.1, 0.15) is 12.1 Å². The van der Waals surface area contributed by atoms with Gasteiger partial charge in [-0.2, -0.15) is 0 Å². The van der Waals surface area contributed by atoms with E-state index in [-0.39, 0.29) is 0 Å². The zero-order valence-electron chi connectivity index (χ0n) is 12.7. The molecule has 0 N–H and O–H groups in total. The SMILES string of the molecule is CCC(CC)N(CCBr)c1ncnc2c1CCCCC2. The highest BCUT2D eigenvalue weighted by molar-refractivity contribution is 9.09. The van der Waals surface area contributed by atoms with Gasteiger partial charge in [0.2, 0.25) is 0 Å². The maximum atomic E-state index is 4.66. The van der Waals surface area contributed by atoms with E-state index in [1.807, 2.05) is 0 Å². The Morgan fingerprint density at radius 2 is 1.90 bits per heavy atom. The molecule has 0 bridgehead atoms. The third-order valence-corrected chi connectivity index (χ3v) is 4.69. The first-order valence-corrected chi connectivity index (χ1v) is 9.09. The van der Waals surface area contributed by atoms with Crippen molar-refractivity contribution in [1.29, 1.82) is 0 Å². The van der Waals surface area contributed by atoms with Crippen LogP contribution in [0.1, 0.15) is 57.2 Å². The lowest BCUT2D eigenvalue weighted by atomic mass is 10.1. The van der Waals surface area contributed by atoms with Gasteiger partial charge in [-0.05, 0) is 38.5 Å². The quantitative estimate of drug-likeness (QED) is 0.576. The number of nitrogens with zero attached hydrogens (tertiary/aromatic N) is 3. The molecular weight excluding hydrogens is 314 g/mol. The highest BCUT2D eigenvalue weighted by Gasteiger charge is 2.22. The van der Waals surface area contributed by atoms with E-state index < -0.39 is 0 Å². The van der Waals surface area contributed by atoms with Crippen LogP contribution in [0, 0.1) is 0 Å². The van der Waals surface area contributed by atoms with Gasteiger partial charge in [0.25, 0.3) is 0 Å². The predicted octanol–water partition coefficient (Wildman–Crippen LogP) is 4.14. The summed E-state index contributed by atoms with van der Waals surface area (Å²) in [7, 11) is 0. The lowest BCUT2D eigenvalue weighted by Crippen LogP contribution is -2.37. The van der Waals surface area contributed by atoms with Crippen LogP contribution >= 0.6 is 15.9 Å². The van der Waals surface area contributed by atoms with Crippen molar-refractivity contribution in [3.8, 4) is 0 Å². The summed E-state index contributed by atoms with van der Waals surface area (Å²) in [6, 6.07) is 0.579. The van der Waals surface area contributed by atoms with E-state index in [9.17, 15) is 0 Å². The summed E-state index contributed by atoms with van der Waals surface area (Å²) in [5.74, 6) is 1.20. The first-order valence-electron chi connectivity index (χ1n) is 7.97. The Hall–Kier alpha value is -0.640. The summed E-state index contributed by atoms with van der Waals surface area (Å²) in [6.45, 7) is 5.57. The molecule has 0 fully saturated rings. The van der Waals surface area contributed by atoms with Crippen LogP contribution in [-0.4, -0.2) is 27.9 Å². The van der Waals surface area contributed by atoms with E-state index >= 15 is 0 Å². The molecule has 0 spiro atoms. The predicted molar refractivity (Wildman–Crippen MR) is 88.8 cm³/mol. The van der Waals surface area contributed by atoms with Crippen molar-refractivity contribution >= 4 is 21.7 Å². The number of hydrogen-bond acceptors (Lipinski definition) is 3. The van der Waals surface area contributed by atoms with Crippen molar-refractivity contribution in [2.75, 3.05) is 16.8 Å². The van der Waals surface area contributed by atoms with E-state index in [0.717, 1.165) is 24.7 Å². The molecule has 0 amide bonds. The van der Waals surface area contributed by atoms with E-state index in [2.05, 4.69) is 44.6 Å². The third kappa shape index (κ3) is 3.51. The first kappa shape index (κ1) is 15.7. The molecule has 1 aliphatic rings. The highest BCUT2D eigenvalue weighted by Crippen LogP contribution is 2.28. The molecule has 0 aliphatic heterocycles. The van der Waals surface area contributed by atoms with Crippen molar-refractivity contribution in [2.45, 2.75) is 64.8 Å². The molecule has 0 aromatic carbocycles. The van der Waals surface area contributed by atoms with Gasteiger partial charge in [0.05, 0.1) is 0 Å². The molecule has 1 aromatic rings. The van der Waals surface area contributed by atoms with Gasteiger partial charge in [-0.1, -0.05) is 36.2 Å². The Morgan fingerprint density at radius 1 is 1.15 bits per heavy atom. The molecule has 1 aliphatic carbocycles. The van der Waals surface area contributed by atoms with Gasteiger partial charge >= 0.3 is 0 Å². The van der Waals surface area contributed by atoms with Gasteiger partial charge < -0.3 is 4.90 Å². The minimum absolute atomic E-state index is 0.579. The average molecular weight is 340 g/mol. The Labute approximate surface area is 131 Å². The second-order valence-corrected chi connectivity index (χ2v) is 6.33. The van der Waals surface area contributed by atoms with Gasteiger partial charge in [0, 0.05) is 29.2 Å². The van der Waals surface area contributed by atoms with E-state index in [4.69, 9.17) is 0 Å². The number of rotatable bonds is 6. The van der Waals surface area contributed by atoms with Crippen molar-refractivity contribution in [1.82, 2.24) is 9.97 Å². The molecule has 112 valence electrons. The van der Waals surface area contributed by atoms with Gasteiger partial charge in [-0.3, -0.25) is 0 Å². The van der Waals surface area contributed by atoms with Crippen LogP contribution in [0.15, 0.2) is 6.33 Å². The molecule has 0 radical (unpaired) electrons. The zero-order valence-corrected chi connectivity index (χ0v) is 14.3. The van der Waals surface area contributed by atoms with Gasteiger partial charge in [-0.25, -0.2) is 9.97 Å². The normalized spacial score (nSPS) is 15.0. The van der Waals surface area contributed by atoms with Gasteiger partial charge in [-0.15, -0.1) is 0 Å². The lowest BCUT2D eigenvalue weighted by molar-refractivity contribution is 0.560. The molecule has 0 unspecified atom stereocenters. The summed E-state index contributed by atoms with van der Waals surface area (Å²) < 4.78 is 0. The summed E-state index contributed by atoms with van der Waals surface area (Å²) in [4.78, 5) is 11.7. The van der Waals surface area contributed by atoms with Crippen molar-refractivity contribution in [3.05, 3.63) is 17.6 Å². The molecule has 3 nitrogen and oxygen atoms in total. The fraction of sp³-hybridized carbons (Fsp3) is 0.750. The smallest absolute Gasteiger partial charge is 0.135 e. The van der Waals surface area contributed by atoms with E-state index in [1.54, 1.807) is 6.33 Å². The summed E-state index contributed by atoms with van der Waals surface area (Å²) in [5.41, 5.74) is 2.70. The number of alkyl halides is 1. The van der Waals surface area contributed by atoms with Gasteiger partial charge in [0.15, 0.2) is 0 Å². The minimum atomic E-state index is 0.579. The van der Waals surface area contributed by atoms with Crippen LogP contribution in [0.2, 0.25) is 0 Å². The standard InChI is InChI=1S/C16H26BrN3/c1-3-13(4-2)20(11-10-17)16-14-8-6-5-7-9-15(14)18-12-19-16/h12-13H,3-11H2,1-2H3. The topological polar surface area (TPSA) is 29.0 Å². The molecule has 4 heteroatoms. The maximum Gasteiger partial charge on any atom is 0.135 e. The highest BCUT2D eigenvalue weighted by atomic mass is 79.9. The number of aromatic nitrogens is 2. The van der Waals surface area contributed by atoms with Crippen LogP contribution in [0.5, 0.6) is 0 Å². The van der Waals surface area contributed by atoms with Crippen LogP contribution in [0.25, 0.3) is 0 Å². The van der Waals surface area contributed by atoms with Crippen molar-refractivity contribution in [3.63, 3.8) is 0 Å². The lowest BCUT2D eigenvalue weighted by Gasteiger charge is -2.33. The Balaban J connectivity index is 2.37. The number of aryl methyl sites for hydroxylation is 1. The fourth-order valence-electron chi connectivity index (χ4n) is 3.21. The fourth-order valence-corrected chi connectivity index (χ4v) is 3.59. The first-order chi connectivity index (χ1) is 9.81. The molecule has 0 atom stereocenters. The second-order valence-electron chi connectivity index (χ2n) is 5.54. The molecule has 0 saturated heterocycles. The molecule has 1 aromatic heterocycles. The number of fused-ring (bicyclic) bond motifs is 1. The number of hydrogen-bond donors (Lipinski definition) is 0. The van der Waals surface area contributed by atoms with E-state index in [1.165, 1.54) is 49.2 Å². The van der Waals surface area contributed by atoms with Crippen LogP contribution in [0.4, 0.5) is 5.82 Å². The zero-order chi connectivity index (χ0) is 14.4. The Kier molecular flexibility index (Phi) is 6.27. The largest absolute Gasteiger partial charge is 0.352 e. The number of halogens is 1. The summed E-state index contributed by atoms with van der Waals surface area (Å²) >= 11 is 3.60. The summed E-state index contributed by atoms with van der Waals surface area (Å²) in [6.07, 6.45) is 10.2. The number of anilines is 1. The molecule has 0 saturated carbocycles. The molecule has 1 heterocycles. The monoisotopic (exact) mass is 339 g/mol. The van der Waals surface area contributed by atoms with Crippen LogP contribution < -0.4 is 4.90 Å². The van der Waals surface area contributed by atoms with Crippen molar-refractivity contribution in [2.24, 2.45) is 0 Å². The molecule has 2 rings (SSSR count). The molecular formula is C16H26BrN3. The summed E-state index contributed by atoms with van der Waals surface area (Å²) in [5, 5.41) is 0.988. The van der Waals surface area contributed by atoms with E-state index in [0.29, 0.717) is 6.04 Å². The Morgan fingerprint density at radius 3 is 2.60 bits per heavy atom. The third-order valence-electron chi connectivity index (χ3n) is 4.33. The maximum absolute atomic E-state index is 4.66. The van der Waals surface area contributed by atoms with Crippen molar-refractivity contribution < 1.29 is 0 Å². The van der Waals surface area contributed by atoms with Crippen LogP contribution in [0.3, 0.4) is 0 Å². The average Bonchev–Trinajstić information content (AvgIpc) is 2.72. The second kappa shape index (κ2) is 7.96. The Bertz CT molecular complexity index is 418. The molecule has 20 heavy (non-hydrogen) atoms. The minimum Gasteiger partial charge on any atom is -0.352 e.